The van der Waals surface area contributed by atoms with Gasteiger partial charge in [-0.3, -0.25) is 24.0 Å². The van der Waals surface area contributed by atoms with Crippen LogP contribution >= 0.6 is 0 Å². The van der Waals surface area contributed by atoms with Gasteiger partial charge in [0.15, 0.2) is 0 Å². The zero-order valence-corrected chi connectivity index (χ0v) is 27.8. The normalized spacial score (nSPS) is 24.9. The van der Waals surface area contributed by atoms with Crippen LogP contribution in [0.1, 0.15) is 42.4 Å². The molecule has 0 spiro atoms. The molecule has 2 N–H and O–H groups in total. The Morgan fingerprint density at radius 1 is 1.09 bits per heavy atom. The lowest BCUT2D eigenvalue weighted by Crippen LogP contribution is -2.59. The number of aromatic nitrogens is 2. The lowest BCUT2D eigenvalue weighted by atomic mass is 9.88. The predicted octanol–water partition coefficient (Wildman–Crippen LogP) is 2.83. The summed E-state index contributed by atoms with van der Waals surface area (Å²) in [5, 5.41) is 11.8. The summed E-state index contributed by atoms with van der Waals surface area (Å²) < 4.78 is 15.5. The Balaban J connectivity index is 1.16. The number of hydrogen-bond acceptors (Lipinski definition) is 6. The van der Waals surface area contributed by atoms with E-state index in [1.54, 1.807) is 16.8 Å². The minimum Gasteiger partial charge on any atom is -0.350 e. The number of aryl methyl sites for hydroxylation is 2. The fourth-order valence-corrected chi connectivity index (χ4v) is 7.52. The van der Waals surface area contributed by atoms with E-state index in [-0.39, 0.29) is 23.6 Å². The maximum absolute atomic E-state index is 14.4. The Kier molecular flexibility index (Phi) is 10.2. The second-order valence-electron chi connectivity index (χ2n) is 13.8. The highest BCUT2D eigenvalue weighted by atomic mass is 19.1. The van der Waals surface area contributed by atoms with Gasteiger partial charge in [-0.25, -0.2) is 4.39 Å². The highest BCUT2D eigenvalue weighted by Crippen LogP contribution is 2.30. The third-order valence-electron chi connectivity index (χ3n) is 10.3. The van der Waals surface area contributed by atoms with Crippen molar-refractivity contribution >= 4 is 28.6 Å². The van der Waals surface area contributed by atoms with Gasteiger partial charge in [-0.1, -0.05) is 35.9 Å². The highest BCUT2D eigenvalue weighted by Gasteiger charge is 2.45. The number of benzene rings is 2. The second kappa shape index (κ2) is 14.5. The third-order valence-corrected chi connectivity index (χ3v) is 10.3. The molecule has 11 heteroatoms. The Morgan fingerprint density at radius 3 is 2.64 bits per heavy atom. The maximum atomic E-state index is 14.4. The lowest BCUT2D eigenvalue weighted by Gasteiger charge is -2.37. The molecule has 2 aromatic carbocycles. The number of alkyl halides is 1. The van der Waals surface area contributed by atoms with Crippen molar-refractivity contribution in [3.8, 4) is 0 Å². The van der Waals surface area contributed by atoms with E-state index in [0.717, 1.165) is 29.3 Å². The molecule has 10 nitrogen and oxygen atoms in total. The van der Waals surface area contributed by atoms with Crippen LogP contribution in [-0.4, -0.2) is 107 Å². The molecule has 0 unspecified atom stereocenters. The van der Waals surface area contributed by atoms with Gasteiger partial charge < -0.3 is 20.4 Å². The van der Waals surface area contributed by atoms with Gasteiger partial charge >= 0.3 is 0 Å². The molecular formula is C36H48FN7O3. The number of nitrogens with zero attached hydrogens (tertiary/aromatic N) is 5. The monoisotopic (exact) mass is 645 g/mol. The van der Waals surface area contributed by atoms with Gasteiger partial charge in [0.05, 0.1) is 23.7 Å². The maximum Gasteiger partial charge on any atom is 0.243 e. The van der Waals surface area contributed by atoms with Crippen LogP contribution in [0.3, 0.4) is 0 Å². The molecule has 0 aliphatic carbocycles. The summed E-state index contributed by atoms with van der Waals surface area (Å²) >= 11 is 0. The van der Waals surface area contributed by atoms with Crippen LogP contribution in [0.15, 0.2) is 48.7 Å². The first kappa shape index (κ1) is 33.1. The molecule has 6 rings (SSSR count). The first-order chi connectivity index (χ1) is 22.7. The van der Waals surface area contributed by atoms with Crippen LogP contribution in [0, 0.1) is 18.8 Å². The lowest BCUT2D eigenvalue weighted by molar-refractivity contribution is -0.146. The Morgan fingerprint density at radius 2 is 1.87 bits per heavy atom. The molecule has 5 atom stereocenters. The number of piperidine rings is 1. The fraction of sp³-hybridized carbons (Fsp3) is 0.556. The van der Waals surface area contributed by atoms with Crippen LogP contribution in [-0.2, 0) is 34.4 Å². The number of likely N-dealkylation sites (tertiary alicyclic amines) is 2. The van der Waals surface area contributed by atoms with Crippen molar-refractivity contribution in [3.05, 3.63) is 65.4 Å². The molecule has 3 saturated heterocycles. The molecule has 3 aliphatic heterocycles. The average molecular weight is 646 g/mol. The topological polar surface area (TPSA) is 103 Å². The van der Waals surface area contributed by atoms with Crippen molar-refractivity contribution < 1.29 is 18.8 Å². The van der Waals surface area contributed by atoms with Crippen molar-refractivity contribution in [2.45, 2.75) is 63.8 Å². The van der Waals surface area contributed by atoms with E-state index in [1.165, 1.54) is 11.1 Å². The zero-order chi connectivity index (χ0) is 33.1. The van der Waals surface area contributed by atoms with Crippen molar-refractivity contribution in [1.82, 2.24) is 35.1 Å². The second-order valence-corrected chi connectivity index (χ2v) is 13.8. The number of amides is 3. The third kappa shape index (κ3) is 7.67. The molecule has 3 aromatic rings. The summed E-state index contributed by atoms with van der Waals surface area (Å²) in [6, 6.07) is 13.1. The molecule has 0 bridgehead atoms. The Hall–Kier alpha value is -3.83. The number of halogens is 1. The minimum atomic E-state index is -0.800. The van der Waals surface area contributed by atoms with E-state index >= 15 is 0 Å². The minimum absolute atomic E-state index is 0.0752. The van der Waals surface area contributed by atoms with Crippen LogP contribution < -0.4 is 10.6 Å². The van der Waals surface area contributed by atoms with Crippen LogP contribution in [0.4, 0.5) is 4.39 Å². The Labute approximate surface area is 276 Å². The van der Waals surface area contributed by atoms with E-state index in [9.17, 15) is 18.8 Å². The van der Waals surface area contributed by atoms with Crippen molar-refractivity contribution in [2.24, 2.45) is 18.9 Å². The molecule has 0 saturated carbocycles. The van der Waals surface area contributed by atoms with Gasteiger partial charge in [0, 0.05) is 58.8 Å². The molecular weight excluding hydrogens is 597 g/mol. The van der Waals surface area contributed by atoms with E-state index < -0.39 is 24.2 Å². The van der Waals surface area contributed by atoms with Gasteiger partial charge in [0.2, 0.25) is 17.7 Å². The summed E-state index contributed by atoms with van der Waals surface area (Å²) in [7, 11) is 3.67. The first-order valence-corrected chi connectivity index (χ1v) is 17.1. The first-order valence-electron chi connectivity index (χ1n) is 17.1. The summed E-state index contributed by atoms with van der Waals surface area (Å²) in [6.45, 7) is 5.72. The number of nitrogens with one attached hydrogen (secondary N) is 2. The van der Waals surface area contributed by atoms with Crippen LogP contribution in [0.25, 0.3) is 10.9 Å². The molecule has 252 valence electrons. The van der Waals surface area contributed by atoms with Gasteiger partial charge in [-0.05, 0) is 74.8 Å². The van der Waals surface area contributed by atoms with Crippen molar-refractivity contribution in [2.75, 3.05) is 46.3 Å². The van der Waals surface area contributed by atoms with Gasteiger partial charge in [-0.2, -0.15) is 5.10 Å². The van der Waals surface area contributed by atoms with Crippen molar-refractivity contribution in [1.29, 1.82) is 0 Å². The molecule has 0 radical (unpaired) electrons. The number of rotatable bonds is 10. The van der Waals surface area contributed by atoms with E-state index in [1.807, 2.05) is 41.0 Å². The average Bonchev–Trinajstić information content (AvgIpc) is 3.81. The fourth-order valence-electron chi connectivity index (χ4n) is 7.52. The SMILES string of the molecule is Cc1ccc(C[C@@H]2C[C@@H](C(=O)NCc3ccc4c(cnn4C)c3)N(C(=O)[C@@H]3NCCC[C@@H]3C(=O)N(C)CCN3CC[C@H](F)C3)C2)cc1. The van der Waals surface area contributed by atoms with E-state index in [2.05, 4.69) is 46.9 Å². The predicted molar refractivity (Wildman–Crippen MR) is 179 cm³/mol. The Bertz CT molecular complexity index is 1580. The summed E-state index contributed by atoms with van der Waals surface area (Å²) in [6.07, 6.45) is 4.28. The van der Waals surface area contributed by atoms with Crippen LogP contribution in [0.5, 0.6) is 0 Å². The summed E-state index contributed by atoms with van der Waals surface area (Å²) in [4.78, 5) is 47.4. The highest BCUT2D eigenvalue weighted by molar-refractivity contribution is 5.94. The van der Waals surface area contributed by atoms with Crippen LogP contribution in [0.2, 0.25) is 0 Å². The van der Waals surface area contributed by atoms with E-state index in [0.29, 0.717) is 65.1 Å². The summed E-state index contributed by atoms with van der Waals surface area (Å²) in [5.41, 5.74) is 4.35. The quantitative estimate of drug-likeness (QED) is 0.352. The molecule has 4 heterocycles. The molecule has 3 aliphatic rings. The summed E-state index contributed by atoms with van der Waals surface area (Å²) in [5.74, 6) is -0.832. The zero-order valence-electron chi connectivity index (χ0n) is 27.8. The standard InChI is InChI=1S/C36H48FN7O3/c1-24-6-8-25(9-7-24)17-27-19-32(34(45)39-20-26-10-11-31-28(18-26)21-40-42(31)3)44(22-27)36(47)33-30(5-4-13-38-33)35(46)41(2)15-16-43-14-12-29(37)23-43/h6-11,18,21,27,29-30,32-33,38H,4-5,12-17,19-20,22-23H2,1-3H3,(H,39,45)/t27-,29+,30+,32+,33-/m1/s1. The van der Waals surface area contributed by atoms with Gasteiger partial charge in [0.25, 0.3) is 0 Å². The molecule has 3 fully saturated rings. The van der Waals surface area contributed by atoms with Gasteiger partial charge in [-0.15, -0.1) is 0 Å². The molecule has 47 heavy (non-hydrogen) atoms. The molecule has 1 aromatic heterocycles. The number of carbonyl (C=O) groups is 3. The number of hydrogen-bond donors (Lipinski definition) is 2. The largest absolute Gasteiger partial charge is 0.350 e. The van der Waals surface area contributed by atoms with Crippen molar-refractivity contribution in [3.63, 3.8) is 0 Å². The smallest absolute Gasteiger partial charge is 0.243 e. The number of likely N-dealkylation sites (N-methyl/N-ethyl adjacent to an activating group) is 1. The van der Waals surface area contributed by atoms with Gasteiger partial charge in [0.1, 0.15) is 12.2 Å². The molecule has 3 amide bonds. The van der Waals surface area contributed by atoms with E-state index in [4.69, 9.17) is 0 Å². The number of fused-ring (bicyclic) bond motifs is 1. The number of carbonyl (C=O) groups excluding carboxylic acids is 3.